The summed E-state index contributed by atoms with van der Waals surface area (Å²) in [6.45, 7) is 6.63. The first-order valence-electron chi connectivity index (χ1n) is 7.04. The van der Waals surface area contributed by atoms with Gasteiger partial charge in [0.05, 0.1) is 0 Å². The standard InChI is InChI=1S/C12H21N2O2.2CH3.Ti/c1-4-9-10(13-7-15)5-12(2,3)6-11(9)14-8-16;;;/h7-10H,4-6H2,1-3H3,(H,13,15)(H,14,16);2*1H3;. The van der Waals surface area contributed by atoms with Crippen LogP contribution in [0.1, 0.15) is 40.0 Å². The maximum absolute atomic E-state index is 11.1. The van der Waals surface area contributed by atoms with E-state index in [0.717, 1.165) is 32.1 Å². The molecule has 0 spiro atoms. The van der Waals surface area contributed by atoms with Crippen molar-refractivity contribution < 1.29 is 27.5 Å². The average Bonchev–Trinajstić information content (AvgIpc) is 2.28. The van der Waals surface area contributed by atoms with E-state index in [2.05, 4.69) is 41.9 Å². The molecular weight excluding hydrogens is 276 g/mol. The van der Waals surface area contributed by atoms with Gasteiger partial charge in [-0.1, -0.05) is 0 Å². The summed E-state index contributed by atoms with van der Waals surface area (Å²) in [6, 6.07) is 0.168. The van der Waals surface area contributed by atoms with Crippen molar-refractivity contribution in [2.45, 2.75) is 60.4 Å². The second kappa shape index (κ2) is 6.40. The summed E-state index contributed by atoms with van der Waals surface area (Å²) in [6.07, 6.45) is 4.67. The molecule has 3 atom stereocenters. The van der Waals surface area contributed by atoms with Crippen molar-refractivity contribution in [3.63, 3.8) is 0 Å². The molecule has 3 unspecified atom stereocenters. The molecule has 1 aliphatic rings. The van der Waals surface area contributed by atoms with Crippen molar-refractivity contribution in [2.24, 2.45) is 11.3 Å². The van der Waals surface area contributed by atoms with E-state index in [-0.39, 0.29) is 15.3 Å². The van der Waals surface area contributed by atoms with Crippen LogP contribution in [-0.4, -0.2) is 22.7 Å². The van der Waals surface area contributed by atoms with Crippen molar-refractivity contribution in [3.05, 3.63) is 0 Å². The fraction of sp³-hybridized carbons (Fsp3) is 0.857. The Hall–Kier alpha value is -0.346. The van der Waals surface area contributed by atoms with Crippen molar-refractivity contribution >= 4 is 12.8 Å². The molecular formula is C14H27N2O2Ti. The fourth-order valence-electron chi connectivity index (χ4n) is 3.89. The molecule has 1 fully saturated rings. The van der Waals surface area contributed by atoms with Crippen molar-refractivity contribution in [1.29, 1.82) is 0 Å². The molecule has 2 N–H and O–H groups in total. The minimum atomic E-state index is -1.42. The summed E-state index contributed by atoms with van der Waals surface area (Å²) in [5.41, 5.74) is 0.145. The van der Waals surface area contributed by atoms with Gasteiger partial charge in [-0.15, -0.1) is 0 Å². The number of hydrogen-bond acceptors (Lipinski definition) is 2. The van der Waals surface area contributed by atoms with E-state index in [1.54, 1.807) is 0 Å². The molecule has 2 amide bonds. The van der Waals surface area contributed by atoms with Crippen LogP contribution < -0.4 is 10.6 Å². The van der Waals surface area contributed by atoms with Crippen LogP contribution in [0.15, 0.2) is 0 Å². The van der Waals surface area contributed by atoms with Gasteiger partial charge in [0, 0.05) is 0 Å². The first-order valence-corrected chi connectivity index (χ1v) is 10.9. The molecule has 0 saturated heterocycles. The average molecular weight is 303 g/mol. The van der Waals surface area contributed by atoms with Crippen molar-refractivity contribution in [3.8, 4) is 0 Å². The Labute approximate surface area is 122 Å². The molecule has 1 rings (SSSR count). The number of carbonyl (C=O) groups is 2. The zero-order chi connectivity index (χ0) is 14.7. The van der Waals surface area contributed by atoms with Crippen LogP contribution in [0.25, 0.3) is 0 Å². The van der Waals surface area contributed by atoms with Gasteiger partial charge in [-0.25, -0.2) is 0 Å². The Kier molecular flexibility index (Phi) is 5.63. The van der Waals surface area contributed by atoms with E-state index in [0.29, 0.717) is 5.92 Å². The molecule has 1 aliphatic carbocycles. The number of rotatable bonds is 6. The summed E-state index contributed by atoms with van der Waals surface area (Å²) >= 11 is -1.42. The molecule has 0 aromatic heterocycles. The molecule has 0 aromatic carbocycles. The van der Waals surface area contributed by atoms with Crippen LogP contribution in [0.4, 0.5) is 0 Å². The van der Waals surface area contributed by atoms with E-state index in [1.165, 1.54) is 0 Å². The van der Waals surface area contributed by atoms with Crippen LogP contribution in [0.2, 0.25) is 10.5 Å². The van der Waals surface area contributed by atoms with Gasteiger partial charge in [-0.05, 0) is 0 Å². The van der Waals surface area contributed by atoms with E-state index < -0.39 is 17.9 Å². The van der Waals surface area contributed by atoms with Crippen LogP contribution >= 0.6 is 0 Å². The Morgan fingerprint density at radius 1 is 1.26 bits per heavy atom. The summed E-state index contributed by atoms with van der Waals surface area (Å²) in [5, 5.41) is 10.8. The van der Waals surface area contributed by atoms with Gasteiger partial charge in [0.15, 0.2) is 0 Å². The van der Waals surface area contributed by atoms with Crippen molar-refractivity contribution in [2.75, 3.05) is 0 Å². The summed E-state index contributed by atoms with van der Waals surface area (Å²) in [4.78, 5) is 22.0. The van der Waals surface area contributed by atoms with Crippen LogP contribution in [0.5, 0.6) is 0 Å². The maximum atomic E-state index is 11.1. The second-order valence-electron chi connectivity index (χ2n) is 6.68. The number of carbonyl (C=O) groups excluding carboxylic acids is 2. The molecule has 1 saturated carbocycles. The van der Waals surface area contributed by atoms with Gasteiger partial charge in [0.25, 0.3) is 0 Å². The minimum absolute atomic E-state index is 0.0705. The Bertz CT molecular complexity index is 333. The molecule has 5 heteroatoms. The van der Waals surface area contributed by atoms with Gasteiger partial charge in [-0.3, -0.25) is 0 Å². The van der Waals surface area contributed by atoms with Crippen molar-refractivity contribution in [1.82, 2.24) is 10.6 Å². The Balaban J connectivity index is 3.20. The zero-order valence-electron chi connectivity index (χ0n) is 12.7. The summed E-state index contributed by atoms with van der Waals surface area (Å²) < 4.78 is -0.0705. The predicted molar refractivity (Wildman–Crippen MR) is 73.4 cm³/mol. The predicted octanol–water partition coefficient (Wildman–Crippen LogP) is 2.10. The third kappa shape index (κ3) is 3.40. The molecule has 0 radical (unpaired) electrons. The van der Waals surface area contributed by atoms with Gasteiger partial charge >= 0.3 is 123 Å². The normalized spacial score (nSPS) is 33.3. The second-order valence-corrected chi connectivity index (χ2v) is 11.2. The third-order valence-corrected chi connectivity index (χ3v) is 8.45. The third-order valence-electron chi connectivity index (χ3n) is 4.58. The van der Waals surface area contributed by atoms with Crippen LogP contribution in [0, 0.1) is 11.3 Å². The topological polar surface area (TPSA) is 58.2 Å². The summed E-state index contributed by atoms with van der Waals surface area (Å²) in [7, 11) is 0. The number of hydrogen-bond donors (Lipinski definition) is 2. The van der Waals surface area contributed by atoms with Gasteiger partial charge in [0.2, 0.25) is 0 Å². The van der Waals surface area contributed by atoms with Gasteiger partial charge in [-0.2, -0.15) is 0 Å². The molecule has 0 bridgehead atoms. The number of amides is 2. The molecule has 0 aromatic rings. The van der Waals surface area contributed by atoms with Crippen LogP contribution in [-0.2, 0) is 27.5 Å². The molecule has 19 heavy (non-hydrogen) atoms. The molecule has 4 nitrogen and oxygen atoms in total. The molecule has 0 aliphatic heterocycles. The van der Waals surface area contributed by atoms with E-state index in [9.17, 15) is 9.59 Å². The van der Waals surface area contributed by atoms with Gasteiger partial charge < -0.3 is 0 Å². The summed E-state index contributed by atoms with van der Waals surface area (Å²) in [5.74, 6) is 0.348. The molecule has 0 heterocycles. The Morgan fingerprint density at radius 3 is 2.32 bits per heavy atom. The first-order chi connectivity index (χ1) is 8.83. The van der Waals surface area contributed by atoms with E-state index in [1.807, 2.05) is 0 Å². The monoisotopic (exact) mass is 303 g/mol. The molecule has 109 valence electrons. The van der Waals surface area contributed by atoms with E-state index >= 15 is 0 Å². The SMILES string of the molecule is CCC1C(NC=O)CC(C)(C)C[C]1(NC=O)[Ti]([CH3])[CH3]. The quantitative estimate of drug-likeness (QED) is 0.583. The van der Waals surface area contributed by atoms with Gasteiger partial charge in [0.1, 0.15) is 0 Å². The fourth-order valence-corrected chi connectivity index (χ4v) is 7.52. The number of nitrogens with one attached hydrogen (secondary N) is 2. The van der Waals surface area contributed by atoms with E-state index in [4.69, 9.17) is 0 Å². The first kappa shape index (κ1) is 16.7. The zero-order valence-corrected chi connectivity index (χ0v) is 14.3. The Morgan fingerprint density at radius 2 is 1.89 bits per heavy atom. The van der Waals surface area contributed by atoms with Crippen LogP contribution in [0.3, 0.4) is 0 Å².